The topological polar surface area (TPSA) is 83.5 Å². The van der Waals surface area contributed by atoms with Gasteiger partial charge in [-0.25, -0.2) is 13.1 Å². The molecule has 0 radical (unpaired) electrons. The van der Waals surface area contributed by atoms with Gasteiger partial charge in [0, 0.05) is 0 Å². The van der Waals surface area contributed by atoms with E-state index in [9.17, 15) is 13.2 Å². The quantitative estimate of drug-likeness (QED) is 0.769. The van der Waals surface area contributed by atoms with Gasteiger partial charge in [-0.2, -0.15) is 0 Å². The maximum atomic E-state index is 12.0. The van der Waals surface area contributed by atoms with Crippen molar-refractivity contribution in [2.24, 2.45) is 0 Å². The maximum absolute atomic E-state index is 12.0. The first-order valence-corrected chi connectivity index (χ1v) is 8.27. The van der Waals surface area contributed by atoms with Gasteiger partial charge in [-0.1, -0.05) is 49.6 Å². The van der Waals surface area contributed by atoms with Crippen LogP contribution >= 0.6 is 0 Å². The van der Waals surface area contributed by atoms with Gasteiger partial charge in [-0.05, 0) is 18.9 Å². The minimum atomic E-state index is -3.66. The molecule has 5 nitrogen and oxygen atoms in total. The van der Waals surface area contributed by atoms with E-state index in [0.717, 1.165) is 12.0 Å². The standard InChI is InChI=1S/C14H21NO4S/c1-3-4-8-13(14(16)17)15-20(18,19)10-12-7-5-6-11(2)9-12/h5-7,9,13,15H,3-4,8,10H2,1-2H3,(H,16,17). The number of carboxylic acid groups (broad SMARTS) is 1. The van der Waals surface area contributed by atoms with Crippen LogP contribution in [0, 0.1) is 6.92 Å². The molecule has 0 fully saturated rings. The molecule has 2 N–H and O–H groups in total. The molecule has 0 aromatic heterocycles. The number of hydrogen-bond acceptors (Lipinski definition) is 3. The monoisotopic (exact) mass is 299 g/mol. The van der Waals surface area contributed by atoms with E-state index >= 15 is 0 Å². The summed E-state index contributed by atoms with van der Waals surface area (Å²) in [5.41, 5.74) is 1.62. The molecule has 1 aromatic rings. The summed E-state index contributed by atoms with van der Waals surface area (Å²) >= 11 is 0. The van der Waals surface area contributed by atoms with Crippen molar-refractivity contribution in [1.82, 2.24) is 4.72 Å². The van der Waals surface area contributed by atoms with Crippen LogP contribution in [0.5, 0.6) is 0 Å². The Morgan fingerprint density at radius 1 is 1.40 bits per heavy atom. The number of nitrogens with one attached hydrogen (secondary N) is 1. The van der Waals surface area contributed by atoms with E-state index in [-0.39, 0.29) is 5.75 Å². The Bertz CT molecular complexity index is 554. The lowest BCUT2D eigenvalue weighted by atomic mass is 10.1. The highest BCUT2D eigenvalue weighted by atomic mass is 32.2. The Morgan fingerprint density at radius 3 is 2.65 bits per heavy atom. The molecule has 20 heavy (non-hydrogen) atoms. The van der Waals surface area contributed by atoms with Crippen molar-refractivity contribution in [2.45, 2.75) is 44.9 Å². The number of unbranched alkanes of at least 4 members (excludes halogenated alkanes) is 1. The van der Waals surface area contributed by atoms with Crippen molar-refractivity contribution in [1.29, 1.82) is 0 Å². The van der Waals surface area contributed by atoms with E-state index in [1.807, 2.05) is 19.9 Å². The van der Waals surface area contributed by atoms with Gasteiger partial charge < -0.3 is 5.11 Å². The minimum Gasteiger partial charge on any atom is -0.480 e. The molecule has 0 aliphatic rings. The molecular formula is C14H21NO4S. The van der Waals surface area contributed by atoms with Gasteiger partial charge in [0.25, 0.3) is 0 Å². The predicted octanol–water partition coefficient (Wildman–Crippen LogP) is 2.06. The van der Waals surface area contributed by atoms with Crippen molar-refractivity contribution in [3.8, 4) is 0 Å². The number of carbonyl (C=O) groups is 1. The van der Waals surface area contributed by atoms with Crippen LogP contribution in [0.4, 0.5) is 0 Å². The number of aryl methyl sites for hydroxylation is 1. The summed E-state index contributed by atoms with van der Waals surface area (Å²) in [6.07, 6.45) is 1.80. The highest BCUT2D eigenvalue weighted by molar-refractivity contribution is 7.88. The van der Waals surface area contributed by atoms with E-state index in [4.69, 9.17) is 5.11 Å². The molecule has 1 rings (SSSR count). The second kappa shape index (κ2) is 7.40. The molecule has 0 saturated heterocycles. The van der Waals surface area contributed by atoms with E-state index in [2.05, 4.69) is 4.72 Å². The molecule has 1 aromatic carbocycles. The number of benzene rings is 1. The summed E-state index contributed by atoms with van der Waals surface area (Å²) in [4.78, 5) is 11.1. The van der Waals surface area contributed by atoms with Crippen LogP contribution in [-0.4, -0.2) is 25.5 Å². The van der Waals surface area contributed by atoms with Crippen LogP contribution < -0.4 is 4.72 Å². The second-order valence-corrected chi connectivity index (χ2v) is 6.65. The van der Waals surface area contributed by atoms with Gasteiger partial charge in [0.2, 0.25) is 10.0 Å². The van der Waals surface area contributed by atoms with Crippen molar-refractivity contribution in [2.75, 3.05) is 0 Å². The number of hydrogen-bond donors (Lipinski definition) is 2. The van der Waals surface area contributed by atoms with E-state index in [1.54, 1.807) is 18.2 Å². The maximum Gasteiger partial charge on any atom is 0.321 e. The fraction of sp³-hybridized carbons (Fsp3) is 0.500. The smallest absolute Gasteiger partial charge is 0.321 e. The lowest BCUT2D eigenvalue weighted by Gasteiger charge is -2.14. The van der Waals surface area contributed by atoms with Gasteiger partial charge in [0.1, 0.15) is 6.04 Å². The molecule has 6 heteroatoms. The van der Waals surface area contributed by atoms with Gasteiger partial charge in [0.15, 0.2) is 0 Å². The number of rotatable bonds is 8. The molecule has 0 amide bonds. The molecule has 1 unspecified atom stereocenters. The molecule has 0 aliphatic carbocycles. The number of sulfonamides is 1. The van der Waals surface area contributed by atoms with E-state index < -0.39 is 22.0 Å². The van der Waals surface area contributed by atoms with Gasteiger partial charge in [-0.3, -0.25) is 4.79 Å². The summed E-state index contributed by atoms with van der Waals surface area (Å²) in [5.74, 6) is -1.34. The number of aliphatic carboxylic acids is 1. The lowest BCUT2D eigenvalue weighted by molar-refractivity contribution is -0.139. The van der Waals surface area contributed by atoms with Crippen LogP contribution in [-0.2, 0) is 20.6 Å². The Hall–Kier alpha value is -1.40. The highest BCUT2D eigenvalue weighted by Crippen LogP contribution is 2.10. The molecule has 0 heterocycles. The zero-order chi connectivity index (χ0) is 15.2. The molecule has 0 bridgehead atoms. The molecule has 0 spiro atoms. The predicted molar refractivity (Wildman–Crippen MR) is 77.9 cm³/mol. The van der Waals surface area contributed by atoms with Crippen LogP contribution in [0.2, 0.25) is 0 Å². The van der Waals surface area contributed by atoms with Crippen molar-refractivity contribution < 1.29 is 18.3 Å². The Morgan fingerprint density at radius 2 is 2.10 bits per heavy atom. The first kappa shape index (κ1) is 16.7. The Kier molecular flexibility index (Phi) is 6.16. The minimum absolute atomic E-state index is 0.204. The van der Waals surface area contributed by atoms with E-state index in [1.165, 1.54) is 0 Å². The third kappa shape index (κ3) is 5.71. The lowest BCUT2D eigenvalue weighted by Crippen LogP contribution is -2.41. The van der Waals surface area contributed by atoms with Gasteiger partial charge in [0.05, 0.1) is 5.75 Å². The summed E-state index contributed by atoms with van der Waals surface area (Å²) in [6, 6.07) is 6.11. The van der Waals surface area contributed by atoms with Crippen LogP contribution in [0.15, 0.2) is 24.3 Å². The summed E-state index contributed by atoms with van der Waals surface area (Å²) in [6.45, 7) is 3.81. The highest BCUT2D eigenvalue weighted by Gasteiger charge is 2.23. The van der Waals surface area contributed by atoms with Crippen LogP contribution in [0.3, 0.4) is 0 Å². The van der Waals surface area contributed by atoms with Crippen LogP contribution in [0.25, 0.3) is 0 Å². The fourth-order valence-electron chi connectivity index (χ4n) is 1.92. The average Bonchev–Trinajstić information content (AvgIpc) is 2.33. The van der Waals surface area contributed by atoms with Crippen molar-refractivity contribution in [3.05, 3.63) is 35.4 Å². The molecule has 0 aliphatic heterocycles. The fourth-order valence-corrected chi connectivity index (χ4v) is 3.27. The molecule has 0 saturated carbocycles. The number of carboxylic acids is 1. The van der Waals surface area contributed by atoms with Gasteiger partial charge >= 0.3 is 5.97 Å². The Labute approximate surface area is 120 Å². The summed E-state index contributed by atoms with van der Waals surface area (Å²) in [7, 11) is -3.66. The second-order valence-electron chi connectivity index (χ2n) is 4.90. The zero-order valence-corrected chi connectivity index (χ0v) is 12.6. The van der Waals surface area contributed by atoms with Crippen LogP contribution in [0.1, 0.15) is 37.3 Å². The van der Waals surface area contributed by atoms with E-state index in [0.29, 0.717) is 18.4 Å². The Balaban J connectivity index is 2.75. The SMILES string of the molecule is CCCCC(NS(=O)(=O)Cc1cccc(C)c1)C(=O)O. The van der Waals surface area contributed by atoms with Gasteiger partial charge in [-0.15, -0.1) is 0 Å². The normalized spacial score (nSPS) is 13.1. The zero-order valence-electron chi connectivity index (χ0n) is 11.8. The third-order valence-corrected chi connectivity index (χ3v) is 4.26. The summed E-state index contributed by atoms with van der Waals surface area (Å²) < 4.78 is 26.3. The third-order valence-electron chi connectivity index (χ3n) is 2.91. The first-order valence-electron chi connectivity index (χ1n) is 6.62. The van der Waals surface area contributed by atoms with Crippen molar-refractivity contribution in [3.63, 3.8) is 0 Å². The molecule has 112 valence electrons. The first-order chi connectivity index (χ1) is 9.34. The van der Waals surface area contributed by atoms with Crippen molar-refractivity contribution >= 4 is 16.0 Å². The molecule has 1 atom stereocenters. The average molecular weight is 299 g/mol. The summed E-state index contributed by atoms with van der Waals surface area (Å²) in [5, 5.41) is 9.05. The molecular weight excluding hydrogens is 278 g/mol. The largest absolute Gasteiger partial charge is 0.480 e.